The fraction of sp³-hybridized carbons (Fsp3) is 0.625. The molecule has 0 spiro atoms. The number of hydrogen-bond donors (Lipinski definition) is 1. The number of furan rings is 1. The molecule has 1 saturated heterocycles. The van der Waals surface area contributed by atoms with Crippen LogP contribution in [0.1, 0.15) is 45.1 Å². The highest BCUT2D eigenvalue weighted by Gasteiger charge is 2.31. The molecule has 1 N–H and O–H groups in total. The maximum Gasteiger partial charge on any atom is 0.255 e. The Morgan fingerprint density at radius 1 is 1.36 bits per heavy atom. The smallest absolute Gasteiger partial charge is 0.255 e. The Morgan fingerprint density at radius 3 is 2.84 bits per heavy atom. The molecule has 1 fully saturated rings. The van der Waals surface area contributed by atoms with Gasteiger partial charge in [-0.2, -0.15) is 4.31 Å². The van der Waals surface area contributed by atoms with E-state index in [1.54, 1.807) is 6.92 Å². The highest BCUT2D eigenvalue weighted by Crippen LogP contribution is 2.29. The zero-order chi connectivity index (χ0) is 18.2. The Kier molecular flexibility index (Phi) is 4.99. The van der Waals surface area contributed by atoms with Crippen LogP contribution in [0.5, 0.6) is 0 Å². The Hall–Kier alpha value is -1.71. The molecule has 1 aliphatic carbocycles. The van der Waals surface area contributed by atoms with E-state index in [0.29, 0.717) is 36.5 Å². The summed E-state index contributed by atoms with van der Waals surface area (Å²) in [5.41, 5.74) is 0.680. The van der Waals surface area contributed by atoms with Gasteiger partial charge in [-0.3, -0.25) is 9.59 Å². The molecule has 0 aromatic carbocycles. The maximum absolute atomic E-state index is 12.6. The summed E-state index contributed by atoms with van der Waals surface area (Å²) in [7, 11) is -3.29. The Labute approximate surface area is 146 Å². The number of fused-ring (bicyclic) bond motifs is 1. The first-order valence-electron chi connectivity index (χ1n) is 8.27. The maximum atomic E-state index is 12.6. The summed E-state index contributed by atoms with van der Waals surface area (Å²) in [4.78, 5) is 24.7. The molecule has 25 heavy (non-hydrogen) atoms. The van der Waals surface area contributed by atoms with Crippen LogP contribution in [0.3, 0.4) is 0 Å². The van der Waals surface area contributed by atoms with E-state index < -0.39 is 22.0 Å². The summed E-state index contributed by atoms with van der Waals surface area (Å²) < 4.78 is 35.7. The van der Waals surface area contributed by atoms with Gasteiger partial charge in [0.05, 0.1) is 30.1 Å². The number of rotatable bonds is 4. The Bertz CT molecular complexity index is 798. The van der Waals surface area contributed by atoms with E-state index in [2.05, 4.69) is 5.32 Å². The van der Waals surface area contributed by atoms with Gasteiger partial charge in [0.1, 0.15) is 11.5 Å². The lowest BCUT2D eigenvalue weighted by atomic mass is 9.93. The molecule has 0 saturated carbocycles. The standard InChI is InChI=1S/C16H22N2O6S/c1-10-14(15-12(19)4-3-5-13(15)24-10)16(20)17-8-11-9-18(6-7-23-11)25(2,21)22/h11H,3-9H2,1-2H3,(H,17,20)/t11-/m0/s1. The van der Waals surface area contributed by atoms with Gasteiger partial charge in [-0.1, -0.05) is 0 Å². The molecule has 138 valence electrons. The summed E-state index contributed by atoms with van der Waals surface area (Å²) in [5.74, 6) is 0.550. The lowest BCUT2D eigenvalue weighted by molar-refractivity contribution is 0.000426. The lowest BCUT2D eigenvalue weighted by Gasteiger charge is -2.31. The van der Waals surface area contributed by atoms with Crippen molar-refractivity contribution in [2.24, 2.45) is 0 Å². The van der Waals surface area contributed by atoms with E-state index in [0.717, 1.165) is 12.7 Å². The van der Waals surface area contributed by atoms with Crippen molar-refractivity contribution in [3.05, 3.63) is 22.6 Å². The molecular weight excluding hydrogens is 348 g/mol. The van der Waals surface area contributed by atoms with Gasteiger partial charge in [-0.15, -0.1) is 0 Å². The van der Waals surface area contributed by atoms with Crippen molar-refractivity contribution < 1.29 is 27.2 Å². The minimum absolute atomic E-state index is 0.0691. The molecule has 9 heteroatoms. The number of sulfonamides is 1. The van der Waals surface area contributed by atoms with E-state index >= 15 is 0 Å². The molecule has 0 unspecified atom stereocenters. The van der Waals surface area contributed by atoms with Gasteiger partial charge in [0.15, 0.2) is 5.78 Å². The number of carbonyl (C=O) groups excluding carboxylic acids is 2. The van der Waals surface area contributed by atoms with Crippen LogP contribution in [0.2, 0.25) is 0 Å². The van der Waals surface area contributed by atoms with Gasteiger partial charge in [0.25, 0.3) is 5.91 Å². The molecule has 2 heterocycles. The summed E-state index contributed by atoms with van der Waals surface area (Å²) >= 11 is 0. The zero-order valence-corrected chi connectivity index (χ0v) is 15.1. The van der Waals surface area contributed by atoms with Gasteiger partial charge in [0, 0.05) is 32.5 Å². The molecule has 1 aromatic heterocycles. The first-order chi connectivity index (χ1) is 11.8. The van der Waals surface area contributed by atoms with Crippen molar-refractivity contribution in [1.29, 1.82) is 0 Å². The second-order valence-corrected chi connectivity index (χ2v) is 8.41. The third kappa shape index (κ3) is 3.78. The third-order valence-corrected chi connectivity index (χ3v) is 5.80. The average Bonchev–Trinajstić information content (AvgIpc) is 2.89. The molecule has 1 amide bonds. The molecule has 1 aliphatic heterocycles. The molecule has 1 atom stereocenters. The number of Topliss-reactive ketones (excluding diaryl/α,β-unsaturated/α-hetero) is 1. The number of nitrogens with zero attached hydrogens (tertiary/aromatic N) is 1. The fourth-order valence-electron chi connectivity index (χ4n) is 3.29. The van der Waals surface area contributed by atoms with Crippen molar-refractivity contribution >= 4 is 21.7 Å². The van der Waals surface area contributed by atoms with Crippen LogP contribution < -0.4 is 5.32 Å². The largest absolute Gasteiger partial charge is 0.465 e. The van der Waals surface area contributed by atoms with E-state index in [1.165, 1.54) is 4.31 Å². The zero-order valence-electron chi connectivity index (χ0n) is 14.3. The molecule has 1 aromatic rings. The first-order valence-corrected chi connectivity index (χ1v) is 10.1. The predicted octanol–water partition coefficient (Wildman–Crippen LogP) is 0.497. The lowest BCUT2D eigenvalue weighted by Crippen LogP contribution is -2.49. The summed E-state index contributed by atoms with van der Waals surface area (Å²) in [6, 6.07) is 0. The topological polar surface area (TPSA) is 106 Å². The quantitative estimate of drug-likeness (QED) is 0.827. The van der Waals surface area contributed by atoms with E-state index in [1.807, 2.05) is 0 Å². The molecular formula is C16H22N2O6S. The monoisotopic (exact) mass is 370 g/mol. The number of aryl methyl sites for hydroxylation is 2. The fourth-order valence-corrected chi connectivity index (χ4v) is 4.14. The van der Waals surface area contributed by atoms with Crippen molar-refractivity contribution in [3.63, 3.8) is 0 Å². The van der Waals surface area contributed by atoms with Crippen molar-refractivity contribution in [2.45, 2.75) is 32.3 Å². The average molecular weight is 370 g/mol. The Morgan fingerprint density at radius 2 is 2.12 bits per heavy atom. The van der Waals surface area contributed by atoms with Crippen molar-refractivity contribution in [3.8, 4) is 0 Å². The number of nitrogens with one attached hydrogen (secondary N) is 1. The number of carbonyl (C=O) groups is 2. The van der Waals surface area contributed by atoms with Crippen LogP contribution in [-0.4, -0.2) is 63.0 Å². The number of amides is 1. The van der Waals surface area contributed by atoms with Crippen molar-refractivity contribution in [2.75, 3.05) is 32.5 Å². The predicted molar refractivity (Wildman–Crippen MR) is 89.2 cm³/mol. The van der Waals surface area contributed by atoms with Crippen LogP contribution in [0.15, 0.2) is 4.42 Å². The van der Waals surface area contributed by atoms with Gasteiger partial charge in [-0.25, -0.2) is 8.42 Å². The summed E-state index contributed by atoms with van der Waals surface area (Å²) in [6.07, 6.45) is 2.54. The van der Waals surface area contributed by atoms with Crippen LogP contribution in [-0.2, 0) is 21.2 Å². The van der Waals surface area contributed by atoms with Crippen LogP contribution in [0.4, 0.5) is 0 Å². The highest BCUT2D eigenvalue weighted by molar-refractivity contribution is 7.88. The second-order valence-electron chi connectivity index (χ2n) is 6.43. The number of ketones is 1. The number of ether oxygens (including phenoxy) is 1. The molecule has 2 aliphatic rings. The van der Waals surface area contributed by atoms with E-state index in [9.17, 15) is 18.0 Å². The highest BCUT2D eigenvalue weighted by atomic mass is 32.2. The first kappa shape index (κ1) is 18.1. The molecule has 3 rings (SSSR count). The van der Waals surface area contributed by atoms with Gasteiger partial charge >= 0.3 is 0 Å². The number of morpholine rings is 1. The van der Waals surface area contributed by atoms with E-state index in [-0.39, 0.29) is 31.0 Å². The third-order valence-electron chi connectivity index (χ3n) is 4.53. The van der Waals surface area contributed by atoms with Crippen LogP contribution >= 0.6 is 0 Å². The van der Waals surface area contributed by atoms with Gasteiger partial charge in [0.2, 0.25) is 10.0 Å². The molecule has 0 radical (unpaired) electrons. The summed E-state index contributed by atoms with van der Waals surface area (Å²) in [6.45, 7) is 2.63. The minimum Gasteiger partial charge on any atom is -0.465 e. The van der Waals surface area contributed by atoms with E-state index in [4.69, 9.17) is 9.15 Å². The van der Waals surface area contributed by atoms with Gasteiger partial charge in [-0.05, 0) is 13.3 Å². The molecule has 0 bridgehead atoms. The second kappa shape index (κ2) is 6.89. The number of hydrogen-bond acceptors (Lipinski definition) is 6. The normalized spacial score (nSPS) is 21.8. The minimum atomic E-state index is -3.29. The van der Waals surface area contributed by atoms with Gasteiger partial charge < -0.3 is 14.5 Å². The Balaban J connectivity index is 1.68. The van der Waals surface area contributed by atoms with Crippen LogP contribution in [0.25, 0.3) is 0 Å². The SMILES string of the molecule is Cc1oc2c(c1C(=O)NC[C@H]1CN(S(C)(=O)=O)CCO1)C(=O)CCC2. The summed E-state index contributed by atoms with van der Waals surface area (Å²) in [5, 5.41) is 2.74. The molecule has 8 nitrogen and oxygen atoms in total. The van der Waals surface area contributed by atoms with Crippen molar-refractivity contribution in [1.82, 2.24) is 9.62 Å². The van der Waals surface area contributed by atoms with Crippen LogP contribution in [0, 0.1) is 6.92 Å².